The Labute approximate surface area is 188 Å². The number of nitrogens with one attached hydrogen (secondary N) is 1. The summed E-state index contributed by atoms with van der Waals surface area (Å²) in [7, 11) is 3.21. The fraction of sp³-hybridized carbons (Fsp3) is 0.522. The third kappa shape index (κ3) is 4.22. The molecule has 0 radical (unpaired) electrons. The van der Waals surface area contributed by atoms with E-state index in [-0.39, 0.29) is 18.5 Å². The van der Waals surface area contributed by atoms with Gasteiger partial charge in [-0.3, -0.25) is 14.6 Å². The highest BCUT2D eigenvalue weighted by Crippen LogP contribution is 2.38. The van der Waals surface area contributed by atoms with Gasteiger partial charge in [-0.2, -0.15) is 0 Å². The number of benzene rings is 1. The van der Waals surface area contributed by atoms with Gasteiger partial charge in [0, 0.05) is 38.6 Å². The minimum Gasteiger partial charge on any atom is -0.497 e. The molecule has 172 valence electrons. The second-order valence-electron chi connectivity index (χ2n) is 8.49. The number of amides is 3. The van der Waals surface area contributed by atoms with Gasteiger partial charge in [0.1, 0.15) is 17.1 Å². The summed E-state index contributed by atoms with van der Waals surface area (Å²) in [5, 5.41) is 0. The number of urea groups is 1. The first-order valence-electron chi connectivity index (χ1n) is 10.9. The van der Waals surface area contributed by atoms with Crippen molar-refractivity contribution in [3.05, 3.63) is 47.5 Å². The summed E-state index contributed by atoms with van der Waals surface area (Å²) in [6.45, 7) is 5.14. The third-order valence-electron chi connectivity index (χ3n) is 6.43. The van der Waals surface area contributed by atoms with E-state index in [4.69, 9.17) is 9.47 Å². The first kappa shape index (κ1) is 22.3. The Balaban J connectivity index is 1.51. The fourth-order valence-electron chi connectivity index (χ4n) is 4.69. The van der Waals surface area contributed by atoms with Crippen molar-refractivity contribution >= 4 is 11.9 Å². The number of H-pyrrole nitrogens is 1. The number of aryl methyl sites for hydroxylation is 1. The van der Waals surface area contributed by atoms with Crippen LogP contribution in [0.15, 0.2) is 30.5 Å². The zero-order valence-electron chi connectivity index (χ0n) is 19.0. The molecule has 32 heavy (non-hydrogen) atoms. The van der Waals surface area contributed by atoms with Crippen molar-refractivity contribution in [2.75, 3.05) is 40.5 Å². The zero-order chi connectivity index (χ0) is 22.7. The number of aromatic nitrogens is 2. The Morgan fingerprint density at radius 2 is 1.94 bits per heavy atom. The van der Waals surface area contributed by atoms with Gasteiger partial charge in [-0.15, -0.1) is 0 Å². The van der Waals surface area contributed by atoms with Gasteiger partial charge in [0.05, 0.1) is 26.8 Å². The number of likely N-dealkylation sites (tertiary alicyclic amines) is 1. The van der Waals surface area contributed by atoms with Crippen LogP contribution in [0.4, 0.5) is 4.79 Å². The molecule has 1 aromatic heterocycles. The maximum Gasteiger partial charge on any atom is 0.328 e. The molecular weight excluding hydrogens is 410 g/mol. The molecule has 2 aliphatic heterocycles. The average molecular weight is 442 g/mol. The summed E-state index contributed by atoms with van der Waals surface area (Å²) in [5.41, 5.74) is 1.08. The fourth-order valence-corrected chi connectivity index (χ4v) is 4.69. The predicted octanol–water partition coefficient (Wildman–Crippen LogP) is 2.17. The quantitative estimate of drug-likeness (QED) is 0.632. The van der Waals surface area contributed by atoms with Crippen molar-refractivity contribution in [3.8, 4) is 5.75 Å². The SMILES string of the molecule is COCCN1C(=O)N(Cc2cccc(OC)c2)C(=O)C12CCN(Cc1ncc(C)[nH]1)CC2. The van der Waals surface area contributed by atoms with Crippen molar-refractivity contribution in [1.82, 2.24) is 24.7 Å². The van der Waals surface area contributed by atoms with Crippen LogP contribution in [0.2, 0.25) is 0 Å². The van der Waals surface area contributed by atoms with E-state index in [1.54, 1.807) is 19.1 Å². The second kappa shape index (κ2) is 9.30. The van der Waals surface area contributed by atoms with Crippen LogP contribution in [0.3, 0.4) is 0 Å². The molecule has 0 bridgehead atoms. The zero-order valence-corrected chi connectivity index (χ0v) is 19.0. The van der Waals surface area contributed by atoms with Crippen LogP contribution in [0.5, 0.6) is 5.75 Å². The lowest BCUT2D eigenvalue weighted by molar-refractivity contribution is -0.136. The molecular formula is C23H31N5O4. The Hall–Kier alpha value is -2.91. The molecule has 0 atom stereocenters. The largest absolute Gasteiger partial charge is 0.497 e. The van der Waals surface area contributed by atoms with Gasteiger partial charge in [-0.25, -0.2) is 9.78 Å². The maximum absolute atomic E-state index is 13.6. The van der Waals surface area contributed by atoms with Crippen molar-refractivity contribution in [1.29, 1.82) is 0 Å². The van der Waals surface area contributed by atoms with Gasteiger partial charge in [0.15, 0.2) is 0 Å². The van der Waals surface area contributed by atoms with Crippen LogP contribution >= 0.6 is 0 Å². The van der Waals surface area contributed by atoms with Crippen LogP contribution in [-0.4, -0.2) is 82.6 Å². The summed E-state index contributed by atoms with van der Waals surface area (Å²) in [6.07, 6.45) is 3.01. The molecule has 3 amide bonds. The normalized spacial score (nSPS) is 18.7. The van der Waals surface area contributed by atoms with Gasteiger partial charge in [-0.05, 0) is 37.5 Å². The molecule has 2 fully saturated rings. The van der Waals surface area contributed by atoms with E-state index < -0.39 is 5.54 Å². The summed E-state index contributed by atoms with van der Waals surface area (Å²) in [6, 6.07) is 7.23. The number of piperidine rings is 1. The van der Waals surface area contributed by atoms with Crippen molar-refractivity contribution < 1.29 is 19.1 Å². The highest BCUT2D eigenvalue weighted by molar-refractivity contribution is 6.07. The molecule has 9 nitrogen and oxygen atoms in total. The number of methoxy groups -OCH3 is 2. The van der Waals surface area contributed by atoms with Crippen LogP contribution < -0.4 is 4.74 Å². The molecule has 4 rings (SSSR count). The first-order chi connectivity index (χ1) is 15.5. The van der Waals surface area contributed by atoms with E-state index in [0.717, 1.165) is 30.2 Å². The first-order valence-corrected chi connectivity index (χ1v) is 10.9. The van der Waals surface area contributed by atoms with Gasteiger partial charge in [0.2, 0.25) is 0 Å². The van der Waals surface area contributed by atoms with Crippen molar-refractivity contribution in [2.24, 2.45) is 0 Å². The molecule has 9 heteroatoms. The molecule has 1 spiro atoms. The number of hydrogen-bond donors (Lipinski definition) is 1. The van der Waals surface area contributed by atoms with Crippen molar-refractivity contribution in [2.45, 2.75) is 38.4 Å². The molecule has 2 saturated heterocycles. The van der Waals surface area contributed by atoms with Gasteiger partial charge >= 0.3 is 6.03 Å². The van der Waals surface area contributed by atoms with E-state index in [9.17, 15) is 9.59 Å². The standard InChI is InChI=1S/C23H31N5O4/c1-17-14-24-20(25-17)16-26-9-7-23(8-10-26)21(29)27(22(30)28(23)11-12-31-2)15-18-5-4-6-19(13-18)32-3/h4-6,13-14H,7-12,15-16H2,1-3H3,(H,24,25). The van der Waals surface area contributed by atoms with Crippen LogP contribution in [-0.2, 0) is 22.6 Å². The molecule has 1 N–H and O–H groups in total. The van der Waals surface area contributed by atoms with E-state index in [1.807, 2.05) is 37.4 Å². The molecule has 2 aliphatic rings. The van der Waals surface area contributed by atoms with E-state index in [0.29, 0.717) is 38.3 Å². The van der Waals surface area contributed by atoms with Gasteiger partial charge in [-0.1, -0.05) is 12.1 Å². The van der Waals surface area contributed by atoms with E-state index in [1.165, 1.54) is 4.90 Å². The predicted molar refractivity (Wildman–Crippen MR) is 118 cm³/mol. The van der Waals surface area contributed by atoms with Crippen LogP contribution in [0.25, 0.3) is 0 Å². The molecule has 3 heterocycles. The minimum atomic E-state index is -0.815. The Bertz CT molecular complexity index is 967. The molecule has 2 aromatic rings. The number of hydrogen-bond acceptors (Lipinski definition) is 6. The Morgan fingerprint density at radius 1 is 1.16 bits per heavy atom. The lowest BCUT2D eigenvalue weighted by Crippen LogP contribution is -2.57. The summed E-state index contributed by atoms with van der Waals surface area (Å²) >= 11 is 0. The maximum atomic E-state index is 13.6. The van der Waals surface area contributed by atoms with E-state index >= 15 is 0 Å². The molecule has 0 unspecified atom stereocenters. The molecule has 1 aromatic carbocycles. The summed E-state index contributed by atoms with van der Waals surface area (Å²) in [5.74, 6) is 1.51. The van der Waals surface area contributed by atoms with Crippen LogP contribution in [0, 0.1) is 6.92 Å². The third-order valence-corrected chi connectivity index (χ3v) is 6.43. The number of rotatable bonds is 8. The highest BCUT2D eigenvalue weighted by atomic mass is 16.5. The van der Waals surface area contributed by atoms with Crippen molar-refractivity contribution in [3.63, 3.8) is 0 Å². The van der Waals surface area contributed by atoms with E-state index in [2.05, 4.69) is 14.9 Å². The van der Waals surface area contributed by atoms with Crippen LogP contribution in [0.1, 0.15) is 29.9 Å². The smallest absolute Gasteiger partial charge is 0.328 e. The number of carbonyl (C=O) groups is 2. The lowest BCUT2D eigenvalue weighted by Gasteiger charge is -2.42. The Morgan fingerprint density at radius 3 is 2.59 bits per heavy atom. The monoisotopic (exact) mass is 441 g/mol. The topological polar surface area (TPSA) is 91.0 Å². The Kier molecular flexibility index (Phi) is 6.48. The molecule has 0 aliphatic carbocycles. The average Bonchev–Trinajstić information content (AvgIpc) is 3.29. The number of carbonyl (C=O) groups excluding carboxylic acids is 2. The number of imide groups is 1. The number of imidazole rings is 1. The summed E-state index contributed by atoms with van der Waals surface area (Å²) in [4.78, 5) is 40.0. The number of aromatic amines is 1. The second-order valence-corrected chi connectivity index (χ2v) is 8.49. The number of ether oxygens (including phenoxy) is 2. The highest BCUT2D eigenvalue weighted by Gasteiger charge is 2.57. The minimum absolute atomic E-state index is 0.116. The van der Waals surface area contributed by atoms with Gasteiger partial charge in [0.25, 0.3) is 5.91 Å². The lowest BCUT2D eigenvalue weighted by atomic mass is 9.85. The van der Waals surface area contributed by atoms with Gasteiger partial charge < -0.3 is 19.4 Å². The molecule has 0 saturated carbocycles. The number of nitrogens with zero attached hydrogens (tertiary/aromatic N) is 4. The summed E-state index contributed by atoms with van der Waals surface area (Å²) < 4.78 is 10.5.